The van der Waals surface area contributed by atoms with Gasteiger partial charge in [0.1, 0.15) is 23.3 Å². The topological polar surface area (TPSA) is 145 Å². The molecule has 0 saturated carbocycles. The van der Waals surface area contributed by atoms with Crippen LogP contribution >= 0.6 is 0 Å². The number of epoxide rings is 1. The van der Waals surface area contributed by atoms with E-state index in [0.717, 1.165) is 0 Å². The molecule has 11 heteroatoms. The number of amides is 3. The summed E-state index contributed by atoms with van der Waals surface area (Å²) in [6.07, 6.45) is -0.378. The van der Waals surface area contributed by atoms with Crippen molar-refractivity contribution in [2.75, 3.05) is 34.0 Å². The summed E-state index contributed by atoms with van der Waals surface area (Å²) >= 11 is 0. The molecule has 1 heterocycles. The van der Waals surface area contributed by atoms with E-state index in [0.29, 0.717) is 13.0 Å². The summed E-state index contributed by atoms with van der Waals surface area (Å²) in [6.45, 7) is 10.7. The molecule has 0 aromatic heterocycles. The second kappa shape index (κ2) is 12.3. The van der Waals surface area contributed by atoms with Gasteiger partial charge >= 0.3 is 6.09 Å². The first-order chi connectivity index (χ1) is 15.2. The van der Waals surface area contributed by atoms with E-state index in [9.17, 15) is 19.2 Å². The molecular formula is C22H39N3O8. The molecule has 4 atom stereocenters. The van der Waals surface area contributed by atoms with Crippen molar-refractivity contribution in [2.45, 2.75) is 77.3 Å². The van der Waals surface area contributed by atoms with Crippen molar-refractivity contribution in [3.8, 4) is 0 Å². The summed E-state index contributed by atoms with van der Waals surface area (Å²) in [6, 6.07) is -2.97. The minimum atomic E-state index is -1.11. The molecule has 1 unspecified atom stereocenters. The number of Topliss-reactive ketones (excluding diaryl/α,β-unsaturated/α-hetero) is 1. The molecule has 0 aromatic carbocycles. The lowest BCUT2D eigenvalue weighted by atomic mass is 9.93. The highest BCUT2D eigenvalue weighted by molar-refractivity contribution is 5.98. The van der Waals surface area contributed by atoms with Crippen molar-refractivity contribution >= 4 is 23.7 Å². The number of ketones is 1. The molecule has 1 aliphatic rings. The number of alkyl carbamates (subject to hydrolysis) is 1. The molecule has 0 aliphatic carbocycles. The predicted molar refractivity (Wildman–Crippen MR) is 120 cm³/mol. The maximum atomic E-state index is 13.0. The molecule has 1 aliphatic heterocycles. The van der Waals surface area contributed by atoms with E-state index in [1.54, 1.807) is 27.7 Å². The third-order valence-electron chi connectivity index (χ3n) is 4.75. The molecule has 11 nitrogen and oxygen atoms in total. The smallest absolute Gasteiger partial charge is 0.408 e. The molecular weight excluding hydrogens is 434 g/mol. The molecule has 0 bridgehead atoms. The van der Waals surface area contributed by atoms with Crippen LogP contribution in [0.3, 0.4) is 0 Å². The van der Waals surface area contributed by atoms with E-state index in [4.69, 9.17) is 18.9 Å². The molecule has 190 valence electrons. The van der Waals surface area contributed by atoms with E-state index in [1.807, 2.05) is 13.8 Å². The van der Waals surface area contributed by atoms with Gasteiger partial charge in [0.2, 0.25) is 11.8 Å². The number of ether oxygens (including phenoxy) is 4. The Bertz CT molecular complexity index is 700. The Labute approximate surface area is 195 Å². The SMILES string of the molecule is COC[C@H](NC(=O)OC(C)(C)C)C(=O)N[C@@H](COC)C(=O)NC(CC(C)C)C(=O)[C@@]1(C)CO1. The number of hydrogen-bond donors (Lipinski definition) is 3. The van der Waals surface area contributed by atoms with E-state index in [1.165, 1.54) is 14.2 Å². The molecule has 1 saturated heterocycles. The highest BCUT2D eigenvalue weighted by atomic mass is 16.6. The van der Waals surface area contributed by atoms with Crippen LogP contribution in [0.5, 0.6) is 0 Å². The van der Waals surface area contributed by atoms with Crippen LogP contribution in [0.25, 0.3) is 0 Å². The first-order valence-corrected chi connectivity index (χ1v) is 11.0. The van der Waals surface area contributed by atoms with Crippen LogP contribution in [-0.4, -0.2) is 87.1 Å². The average molecular weight is 474 g/mol. The van der Waals surface area contributed by atoms with Crippen LogP contribution in [0.1, 0.15) is 48.0 Å². The fourth-order valence-corrected chi connectivity index (χ4v) is 3.02. The summed E-state index contributed by atoms with van der Waals surface area (Å²) < 4.78 is 20.5. The van der Waals surface area contributed by atoms with Gasteiger partial charge in [0.25, 0.3) is 0 Å². The predicted octanol–water partition coefficient (Wildman–Crippen LogP) is 0.546. The van der Waals surface area contributed by atoms with Gasteiger partial charge in [-0.3, -0.25) is 14.4 Å². The zero-order valence-corrected chi connectivity index (χ0v) is 20.9. The first-order valence-electron chi connectivity index (χ1n) is 11.0. The quantitative estimate of drug-likeness (QED) is 0.329. The Kier molecular flexibility index (Phi) is 10.7. The van der Waals surface area contributed by atoms with Crippen LogP contribution in [0.4, 0.5) is 4.79 Å². The molecule has 0 radical (unpaired) electrons. The molecule has 0 aromatic rings. The zero-order chi connectivity index (χ0) is 25.4. The van der Waals surface area contributed by atoms with Crippen LogP contribution in [0, 0.1) is 5.92 Å². The molecule has 0 spiro atoms. The van der Waals surface area contributed by atoms with Gasteiger partial charge in [-0.1, -0.05) is 13.8 Å². The molecule has 3 amide bonds. The Morgan fingerprint density at radius 3 is 1.76 bits per heavy atom. The number of hydrogen-bond acceptors (Lipinski definition) is 8. The second-order valence-electron chi connectivity index (χ2n) is 9.75. The van der Waals surface area contributed by atoms with Crippen LogP contribution in [0.2, 0.25) is 0 Å². The highest BCUT2D eigenvalue weighted by Crippen LogP contribution is 2.29. The lowest BCUT2D eigenvalue weighted by Gasteiger charge is -2.26. The molecule has 3 N–H and O–H groups in total. The van der Waals surface area contributed by atoms with Gasteiger partial charge in [0.15, 0.2) is 5.78 Å². The summed E-state index contributed by atoms with van der Waals surface area (Å²) in [5.41, 5.74) is -1.65. The Balaban J connectivity index is 2.88. The average Bonchev–Trinajstić information content (AvgIpc) is 3.42. The lowest BCUT2D eigenvalue weighted by Crippen LogP contribution is -2.59. The van der Waals surface area contributed by atoms with Crippen molar-refractivity contribution < 1.29 is 38.1 Å². The van der Waals surface area contributed by atoms with Gasteiger partial charge in [-0.25, -0.2) is 4.79 Å². The van der Waals surface area contributed by atoms with Gasteiger partial charge in [-0.2, -0.15) is 0 Å². The minimum Gasteiger partial charge on any atom is -0.444 e. The summed E-state index contributed by atoms with van der Waals surface area (Å²) in [5, 5.41) is 7.71. The number of rotatable bonds is 13. The third kappa shape index (κ3) is 10.1. The fourth-order valence-electron chi connectivity index (χ4n) is 3.02. The lowest BCUT2D eigenvalue weighted by molar-refractivity contribution is -0.135. The first kappa shape index (κ1) is 28.8. The van der Waals surface area contributed by atoms with Crippen molar-refractivity contribution in [1.29, 1.82) is 0 Å². The highest BCUT2D eigenvalue weighted by Gasteiger charge is 2.50. The number of methoxy groups -OCH3 is 2. The number of nitrogens with one attached hydrogen (secondary N) is 3. The fraction of sp³-hybridized carbons (Fsp3) is 0.818. The van der Waals surface area contributed by atoms with E-state index in [-0.39, 0.29) is 24.9 Å². The van der Waals surface area contributed by atoms with Crippen molar-refractivity contribution in [3.63, 3.8) is 0 Å². The van der Waals surface area contributed by atoms with Crippen LogP contribution in [-0.2, 0) is 33.3 Å². The van der Waals surface area contributed by atoms with Gasteiger partial charge in [-0.05, 0) is 40.0 Å². The number of carbonyl (C=O) groups excluding carboxylic acids is 4. The van der Waals surface area contributed by atoms with Gasteiger partial charge in [0.05, 0.1) is 25.9 Å². The van der Waals surface area contributed by atoms with E-state index < -0.39 is 47.2 Å². The van der Waals surface area contributed by atoms with Gasteiger partial charge in [-0.15, -0.1) is 0 Å². The molecule has 1 rings (SSSR count). The zero-order valence-electron chi connectivity index (χ0n) is 20.9. The largest absolute Gasteiger partial charge is 0.444 e. The van der Waals surface area contributed by atoms with Crippen LogP contribution in [0.15, 0.2) is 0 Å². The van der Waals surface area contributed by atoms with Crippen molar-refractivity contribution in [3.05, 3.63) is 0 Å². The summed E-state index contributed by atoms with van der Waals surface area (Å²) in [4.78, 5) is 50.7. The van der Waals surface area contributed by atoms with Crippen molar-refractivity contribution in [1.82, 2.24) is 16.0 Å². The molecule has 33 heavy (non-hydrogen) atoms. The van der Waals surface area contributed by atoms with E-state index in [2.05, 4.69) is 16.0 Å². The monoisotopic (exact) mass is 473 g/mol. The molecule has 1 fully saturated rings. The summed E-state index contributed by atoms with van der Waals surface area (Å²) in [7, 11) is 2.76. The normalized spacial score (nSPS) is 20.4. The Morgan fingerprint density at radius 1 is 0.909 bits per heavy atom. The second-order valence-corrected chi connectivity index (χ2v) is 9.75. The van der Waals surface area contributed by atoms with Crippen molar-refractivity contribution in [2.24, 2.45) is 5.92 Å². The van der Waals surface area contributed by atoms with E-state index >= 15 is 0 Å². The maximum absolute atomic E-state index is 13.0. The summed E-state index contributed by atoms with van der Waals surface area (Å²) in [5.74, 6) is -1.32. The minimum absolute atomic E-state index is 0.139. The standard InChI is InChI=1S/C22H39N3O8/c1-13(2)9-14(17(26)22(6)12-32-22)23-18(27)15(10-30-7)24-19(28)16(11-31-8)25-20(29)33-21(3,4)5/h13-16H,9-12H2,1-8H3,(H,23,27)(H,24,28)(H,25,29)/t14?,15-,16-,22+/m0/s1. The van der Waals surface area contributed by atoms with Crippen LogP contribution < -0.4 is 16.0 Å². The Morgan fingerprint density at radius 2 is 1.36 bits per heavy atom. The van der Waals surface area contributed by atoms with Gasteiger partial charge < -0.3 is 34.9 Å². The third-order valence-corrected chi connectivity index (χ3v) is 4.75. The maximum Gasteiger partial charge on any atom is 0.408 e. The van der Waals surface area contributed by atoms with Gasteiger partial charge in [0, 0.05) is 14.2 Å². The number of carbonyl (C=O) groups is 4. The Hall–Kier alpha value is -2.24.